The van der Waals surface area contributed by atoms with Gasteiger partial charge >= 0.3 is 5.97 Å². The maximum Gasteiger partial charge on any atom is 0.358 e. The number of nitrogens with one attached hydrogen (secondary N) is 1. The highest BCUT2D eigenvalue weighted by Gasteiger charge is 2.07. The van der Waals surface area contributed by atoms with E-state index < -0.39 is 5.97 Å². The average Bonchev–Trinajstić information content (AvgIpc) is 2.88. The molecule has 0 atom stereocenters. The van der Waals surface area contributed by atoms with Crippen LogP contribution >= 0.6 is 0 Å². The van der Waals surface area contributed by atoms with Crippen molar-refractivity contribution in [2.75, 3.05) is 11.9 Å². The van der Waals surface area contributed by atoms with Crippen LogP contribution < -0.4 is 5.32 Å². The molecule has 0 saturated carbocycles. The van der Waals surface area contributed by atoms with Crippen molar-refractivity contribution in [2.24, 2.45) is 0 Å². The Hall–Kier alpha value is -2.51. The van der Waals surface area contributed by atoms with Crippen LogP contribution in [-0.2, 0) is 13.0 Å². The highest BCUT2D eigenvalue weighted by molar-refractivity contribution is 5.84. The van der Waals surface area contributed by atoms with E-state index in [9.17, 15) is 4.79 Å². The number of hydrogen-bond donors (Lipinski definition) is 2. The van der Waals surface area contributed by atoms with E-state index in [4.69, 9.17) is 5.11 Å². The highest BCUT2D eigenvalue weighted by atomic mass is 16.4. The van der Waals surface area contributed by atoms with Crippen LogP contribution in [0.1, 0.15) is 23.1 Å². The molecular weight excluding hydrogens is 248 g/mol. The van der Waals surface area contributed by atoms with E-state index in [1.54, 1.807) is 0 Å². The van der Waals surface area contributed by atoms with E-state index >= 15 is 0 Å². The van der Waals surface area contributed by atoms with Crippen molar-refractivity contribution in [2.45, 2.75) is 19.9 Å². The Morgan fingerprint density at radius 3 is 3.00 bits per heavy atom. The molecule has 0 aliphatic rings. The zero-order valence-electron chi connectivity index (χ0n) is 10.4. The van der Waals surface area contributed by atoms with Crippen molar-refractivity contribution >= 4 is 11.8 Å². The van der Waals surface area contributed by atoms with Gasteiger partial charge in [0.15, 0.2) is 5.69 Å². The summed E-state index contributed by atoms with van der Waals surface area (Å²) in [6, 6.07) is 1.88. The molecule has 2 aromatic heterocycles. The molecule has 100 valence electrons. The maximum atomic E-state index is 10.6. The number of aromatic carboxylic acids is 1. The van der Waals surface area contributed by atoms with Crippen LogP contribution in [0.4, 0.5) is 5.82 Å². The number of carbonyl (C=O) groups is 1. The summed E-state index contributed by atoms with van der Waals surface area (Å²) in [7, 11) is 0. The van der Waals surface area contributed by atoms with Gasteiger partial charge in [-0.25, -0.2) is 19.4 Å². The average molecular weight is 262 g/mol. The van der Waals surface area contributed by atoms with Crippen LogP contribution in [0.15, 0.2) is 18.6 Å². The maximum absolute atomic E-state index is 10.6. The minimum absolute atomic E-state index is 0.0599. The third-order valence-electron chi connectivity index (χ3n) is 2.49. The molecule has 2 aromatic rings. The van der Waals surface area contributed by atoms with Gasteiger partial charge in [0.25, 0.3) is 0 Å². The van der Waals surface area contributed by atoms with Gasteiger partial charge in [0.2, 0.25) is 0 Å². The number of nitrogens with zero attached hydrogens (tertiary/aromatic N) is 5. The lowest BCUT2D eigenvalue weighted by atomic mass is 10.3. The van der Waals surface area contributed by atoms with Crippen LogP contribution in [-0.4, -0.2) is 42.6 Å². The van der Waals surface area contributed by atoms with Crippen molar-refractivity contribution < 1.29 is 9.90 Å². The Balaban J connectivity index is 1.86. The van der Waals surface area contributed by atoms with Crippen LogP contribution in [0.2, 0.25) is 0 Å². The Kier molecular flexibility index (Phi) is 4.01. The van der Waals surface area contributed by atoms with Crippen LogP contribution in [0.3, 0.4) is 0 Å². The third kappa shape index (κ3) is 3.47. The topological polar surface area (TPSA) is 106 Å². The smallest absolute Gasteiger partial charge is 0.358 e. The molecule has 8 nitrogen and oxygen atoms in total. The van der Waals surface area contributed by atoms with Crippen LogP contribution in [0, 0.1) is 0 Å². The number of rotatable bonds is 6. The molecular formula is C11H14N6O2. The molecule has 8 heteroatoms. The van der Waals surface area contributed by atoms with Crippen molar-refractivity contribution in [3.63, 3.8) is 0 Å². The van der Waals surface area contributed by atoms with Crippen molar-refractivity contribution in [1.82, 2.24) is 25.0 Å². The van der Waals surface area contributed by atoms with E-state index in [1.807, 2.05) is 13.0 Å². The fourth-order valence-electron chi connectivity index (χ4n) is 1.49. The Bertz CT molecular complexity index is 568. The molecule has 0 aliphatic carbocycles. The summed E-state index contributed by atoms with van der Waals surface area (Å²) < 4.78 is 1.47. The summed E-state index contributed by atoms with van der Waals surface area (Å²) in [5.41, 5.74) is 0.904. The van der Waals surface area contributed by atoms with Gasteiger partial charge in [-0.2, -0.15) is 0 Å². The minimum atomic E-state index is -1.08. The molecule has 19 heavy (non-hydrogen) atoms. The van der Waals surface area contributed by atoms with E-state index in [0.717, 1.165) is 17.9 Å². The zero-order valence-corrected chi connectivity index (χ0v) is 10.4. The van der Waals surface area contributed by atoms with Crippen LogP contribution in [0.5, 0.6) is 0 Å². The molecule has 0 radical (unpaired) electrons. The molecule has 0 amide bonds. The predicted octanol–water partition coefficient (Wildman–Crippen LogP) is 0.441. The molecule has 2 rings (SSSR count). The number of carboxylic acids is 1. The Morgan fingerprint density at radius 2 is 2.32 bits per heavy atom. The number of hydrogen-bond acceptors (Lipinski definition) is 6. The van der Waals surface area contributed by atoms with Gasteiger partial charge < -0.3 is 10.4 Å². The molecule has 0 saturated heterocycles. The molecule has 0 aliphatic heterocycles. The number of carboxylic acid groups (broad SMARTS) is 1. The van der Waals surface area contributed by atoms with Gasteiger partial charge in [-0.15, -0.1) is 5.10 Å². The normalized spacial score (nSPS) is 10.4. The molecule has 2 N–H and O–H groups in total. The van der Waals surface area contributed by atoms with Crippen molar-refractivity contribution in [1.29, 1.82) is 0 Å². The summed E-state index contributed by atoms with van der Waals surface area (Å²) in [6.07, 6.45) is 3.75. The first-order chi connectivity index (χ1) is 9.19. The van der Waals surface area contributed by atoms with E-state index in [-0.39, 0.29) is 5.69 Å². The fraction of sp³-hybridized carbons (Fsp3) is 0.364. The monoisotopic (exact) mass is 262 g/mol. The third-order valence-corrected chi connectivity index (χ3v) is 2.49. The van der Waals surface area contributed by atoms with Gasteiger partial charge in [-0.05, 0) is 6.42 Å². The quantitative estimate of drug-likeness (QED) is 0.778. The lowest BCUT2D eigenvalue weighted by Gasteiger charge is -2.05. The second-order valence-electron chi connectivity index (χ2n) is 3.85. The first-order valence-corrected chi connectivity index (χ1v) is 5.87. The van der Waals surface area contributed by atoms with Gasteiger partial charge in [0, 0.05) is 18.3 Å². The SMILES string of the molecule is CCc1cc(NCCn2cc(C(=O)O)nn2)ncn1. The van der Waals surface area contributed by atoms with Gasteiger partial charge in [-0.3, -0.25) is 0 Å². The summed E-state index contributed by atoms with van der Waals surface area (Å²) in [5, 5.41) is 19.1. The largest absolute Gasteiger partial charge is 0.476 e. The van der Waals surface area contributed by atoms with Crippen molar-refractivity contribution in [3.05, 3.63) is 30.0 Å². The number of aryl methyl sites for hydroxylation is 1. The lowest BCUT2D eigenvalue weighted by molar-refractivity contribution is 0.0690. The Labute approximate surface area is 109 Å². The standard InChI is InChI=1S/C11H14N6O2/c1-2-8-5-10(14-7-13-8)12-3-4-17-6-9(11(18)19)15-16-17/h5-7H,2-4H2,1H3,(H,18,19)(H,12,13,14). The molecule has 0 aromatic carbocycles. The van der Waals surface area contributed by atoms with E-state index in [2.05, 4.69) is 25.6 Å². The number of anilines is 1. The predicted molar refractivity (Wildman–Crippen MR) is 66.9 cm³/mol. The fourth-order valence-corrected chi connectivity index (χ4v) is 1.49. The lowest BCUT2D eigenvalue weighted by Crippen LogP contribution is -2.12. The summed E-state index contributed by atoms with van der Waals surface area (Å²) in [5.74, 6) is -0.340. The zero-order chi connectivity index (χ0) is 13.7. The van der Waals surface area contributed by atoms with Crippen LogP contribution in [0.25, 0.3) is 0 Å². The second-order valence-corrected chi connectivity index (χ2v) is 3.85. The minimum Gasteiger partial charge on any atom is -0.476 e. The van der Waals surface area contributed by atoms with Gasteiger partial charge in [0.1, 0.15) is 12.1 Å². The first kappa shape index (κ1) is 12.9. The highest BCUT2D eigenvalue weighted by Crippen LogP contribution is 2.04. The molecule has 0 unspecified atom stereocenters. The summed E-state index contributed by atoms with van der Waals surface area (Å²) >= 11 is 0. The molecule has 0 fully saturated rings. The van der Waals surface area contributed by atoms with Crippen molar-refractivity contribution in [3.8, 4) is 0 Å². The van der Waals surface area contributed by atoms with Gasteiger partial charge in [0.05, 0.1) is 12.7 Å². The molecule has 0 spiro atoms. The van der Waals surface area contributed by atoms with E-state index in [1.165, 1.54) is 17.2 Å². The molecule has 0 bridgehead atoms. The summed E-state index contributed by atoms with van der Waals surface area (Å²) in [6.45, 7) is 3.10. The first-order valence-electron chi connectivity index (χ1n) is 5.87. The second kappa shape index (κ2) is 5.89. The Morgan fingerprint density at radius 1 is 1.47 bits per heavy atom. The number of aromatic nitrogens is 5. The van der Waals surface area contributed by atoms with E-state index in [0.29, 0.717) is 13.1 Å². The van der Waals surface area contributed by atoms with Gasteiger partial charge in [-0.1, -0.05) is 12.1 Å². The molecule has 2 heterocycles. The summed E-state index contributed by atoms with van der Waals surface area (Å²) in [4.78, 5) is 18.8.